The lowest BCUT2D eigenvalue weighted by atomic mass is 10.0. The Morgan fingerprint density at radius 1 is 1.07 bits per heavy atom. The molecule has 4 rings (SSSR count). The van der Waals surface area contributed by atoms with Gasteiger partial charge in [-0.2, -0.15) is 4.98 Å². The monoisotopic (exact) mass is 404 g/mol. The number of hydrogen-bond acceptors (Lipinski definition) is 4. The Balaban J connectivity index is 0.000000757. The van der Waals surface area contributed by atoms with Gasteiger partial charge in [-0.05, 0) is 37.0 Å². The molecular formula is C25H32N4O. The molecule has 0 unspecified atom stereocenters. The van der Waals surface area contributed by atoms with Crippen LogP contribution in [0.2, 0.25) is 0 Å². The summed E-state index contributed by atoms with van der Waals surface area (Å²) >= 11 is 0. The third-order valence-corrected chi connectivity index (χ3v) is 4.41. The molecule has 0 aliphatic heterocycles. The largest absolute Gasteiger partial charge is 0.507 e. The van der Waals surface area contributed by atoms with Crippen LogP contribution in [0, 0.1) is 0 Å². The van der Waals surface area contributed by atoms with Crippen molar-refractivity contribution in [3.63, 3.8) is 0 Å². The van der Waals surface area contributed by atoms with Crippen molar-refractivity contribution in [1.29, 1.82) is 0 Å². The predicted molar refractivity (Wildman–Crippen MR) is 127 cm³/mol. The van der Waals surface area contributed by atoms with Crippen LogP contribution in [-0.2, 0) is 0 Å². The molecule has 0 radical (unpaired) electrons. The minimum atomic E-state index is 0.192. The average molecular weight is 405 g/mol. The van der Waals surface area contributed by atoms with Gasteiger partial charge in [0.05, 0.1) is 5.69 Å². The van der Waals surface area contributed by atoms with E-state index in [1.807, 2.05) is 62.7 Å². The zero-order valence-electron chi connectivity index (χ0n) is 18.3. The fraction of sp³-hybridized carbons (Fsp3) is 0.280. The van der Waals surface area contributed by atoms with E-state index in [-0.39, 0.29) is 5.75 Å². The molecule has 0 saturated heterocycles. The molecule has 0 fully saturated rings. The lowest BCUT2D eigenvalue weighted by Gasteiger charge is -2.04. The van der Waals surface area contributed by atoms with Crippen molar-refractivity contribution in [2.45, 2.75) is 47.0 Å². The topological polar surface area (TPSA) is 76.4 Å². The van der Waals surface area contributed by atoms with Crippen molar-refractivity contribution in [1.82, 2.24) is 14.4 Å². The fourth-order valence-corrected chi connectivity index (χ4v) is 3.04. The third kappa shape index (κ3) is 5.60. The molecule has 0 spiro atoms. The molecule has 1 aromatic carbocycles. The minimum Gasteiger partial charge on any atom is -0.507 e. The number of rotatable bonds is 4. The Labute approximate surface area is 179 Å². The molecule has 30 heavy (non-hydrogen) atoms. The van der Waals surface area contributed by atoms with Crippen molar-refractivity contribution in [3.05, 3.63) is 72.1 Å². The highest BCUT2D eigenvalue weighted by atomic mass is 16.3. The Hall–Kier alpha value is -3.34. The van der Waals surface area contributed by atoms with Crippen LogP contribution >= 0.6 is 0 Å². The molecule has 0 saturated carbocycles. The maximum atomic E-state index is 10.0. The number of aromatic nitrogens is 3. The average Bonchev–Trinajstić information content (AvgIpc) is 3.20. The van der Waals surface area contributed by atoms with Gasteiger partial charge in [0.1, 0.15) is 11.6 Å². The highest BCUT2D eigenvalue weighted by molar-refractivity contribution is 5.69. The van der Waals surface area contributed by atoms with Gasteiger partial charge in [-0.1, -0.05) is 70.2 Å². The summed E-state index contributed by atoms with van der Waals surface area (Å²) in [5.74, 6) is 1.14. The van der Waals surface area contributed by atoms with Gasteiger partial charge < -0.3 is 10.8 Å². The van der Waals surface area contributed by atoms with Crippen LogP contribution in [0.15, 0.2) is 66.5 Å². The Bertz CT molecular complexity index is 1040. The van der Waals surface area contributed by atoms with Crippen LogP contribution in [0.1, 0.15) is 52.5 Å². The van der Waals surface area contributed by atoms with Gasteiger partial charge in [-0.25, -0.2) is 4.98 Å². The van der Waals surface area contributed by atoms with Crippen molar-refractivity contribution >= 4 is 17.7 Å². The van der Waals surface area contributed by atoms with Crippen molar-refractivity contribution in [2.75, 3.05) is 5.73 Å². The Morgan fingerprint density at radius 3 is 2.53 bits per heavy atom. The van der Waals surface area contributed by atoms with Gasteiger partial charge in [-0.15, -0.1) is 0 Å². The number of phenols is 1. The zero-order valence-corrected chi connectivity index (χ0v) is 18.3. The zero-order chi connectivity index (χ0) is 21.9. The van der Waals surface area contributed by atoms with Crippen LogP contribution in [0.4, 0.5) is 5.82 Å². The van der Waals surface area contributed by atoms with E-state index in [1.54, 1.807) is 12.1 Å². The number of benzene rings is 1. The van der Waals surface area contributed by atoms with Crippen LogP contribution in [0.5, 0.6) is 5.75 Å². The number of nitrogens with two attached hydrogens (primary N) is 1. The van der Waals surface area contributed by atoms with E-state index in [2.05, 4.69) is 34.3 Å². The second-order valence-corrected chi connectivity index (χ2v) is 6.30. The van der Waals surface area contributed by atoms with Crippen LogP contribution in [-0.4, -0.2) is 19.5 Å². The van der Waals surface area contributed by atoms with Crippen LogP contribution < -0.4 is 5.73 Å². The summed E-state index contributed by atoms with van der Waals surface area (Å²) in [4.78, 5) is 8.85. The van der Waals surface area contributed by atoms with Gasteiger partial charge in [0, 0.05) is 23.5 Å². The van der Waals surface area contributed by atoms with Gasteiger partial charge in [-0.3, -0.25) is 4.40 Å². The molecule has 1 aliphatic carbocycles. The van der Waals surface area contributed by atoms with Gasteiger partial charge >= 0.3 is 0 Å². The number of imidazole rings is 1. The Kier molecular flexibility index (Phi) is 8.88. The normalized spacial score (nSPS) is 12.7. The lowest BCUT2D eigenvalue weighted by Crippen LogP contribution is -1.98. The van der Waals surface area contributed by atoms with Crippen LogP contribution in [0.25, 0.3) is 23.1 Å². The molecule has 5 heteroatoms. The molecule has 2 aromatic heterocycles. The first-order valence-corrected chi connectivity index (χ1v) is 10.7. The van der Waals surface area contributed by atoms with Gasteiger partial charge in [0.15, 0.2) is 0 Å². The molecule has 0 amide bonds. The molecule has 5 nitrogen and oxygen atoms in total. The molecule has 1 aliphatic rings. The third-order valence-electron chi connectivity index (χ3n) is 4.41. The van der Waals surface area contributed by atoms with E-state index < -0.39 is 0 Å². The summed E-state index contributed by atoms with van der Waals surface area (Å²) in [6.45, 7) is 8.00. The highest BCUT2D eigenvalue weighted by Gasteiger charge is 2.10. The number of hydrogen-bond donors (Lipinski definition) is 2. The fourth-order valence-electron chi connectivity index (χ4n) is 3.04. The number of para-hydroxylation sites is 1. The summed E-state index contributed by atoms with van der Waals surface area (Å²) < 4.78 is 1.83. The van der Waals surface area contributed by atoms with Gasteiger partial charge in [0.25, 0.3) is 0 Å². The quantitative estimate of drug-likeness (QED) is 0.526. The maximum Gasteiger partial charge on any atom is 0.236 e. The van der Waals surface area contributed by atoms with Crippen molar-refractivity contribution in [2.24, 2.45) is 0 Å². The molecule has 0 bridgehead atoms. The van der Waals surface area contributed by atoms with Crippen LogP contribution in [0.3, 0.4) is 0 Å². The van der Waals surface area contributed by atoms with E-state index in [4.69, 9.17) is 5.73 Å². The first-order valence-electron chi connectivity index (χ1n) is 10.7. The second kappa shape index (κ2) is 11.6. The predicted octanol–water partition coefficient (Wildman–Crippen LogP) is 6.42. The number of anilines is 1. The van der Waals surface area contributed by atoms with E-state index in [0.29, 0.717) is 22.9 Å². The summed E-state index contributed by atoms with van der Waals surface area (Å²) in [5.41, 5.74) is 9.59. The SMILES string of the molecule is CC.CC.Nc1nc2nc(-c3ccccc3O)cn2cc1/C=C/CC1=CCCC=C1. The maximum absolute atomic E-state index is 10.0. The molecular weight excluding hydrogens is 372 g/mol. The van der Waals surface area contributed by atoms with E-state index in [1.165, 1.54) is 5.57 Å². The summed E-state index contributed by atoms with van der Waals surface area (Å²) in [6, 6.07) is 7.12. The molecule has 3 aromatic rings. The number of nitrogens with zero attached hydrogens (tertiary/aromatic N) is 3. The summed E-state index contributed by atoms with van der Waals surface area (Å²) in [6.07, 6.45) is 17.6. The van der Waals surface area contributed by atoms with Crippen molar-refractivity contribution in [3.8, 4) is 17.0 Å². The second-order valence-electron chi connectivity index (χ2n) is 6.30. The smallest absolute Gasteiger partial charge is 0.236 e. The highest BCUT2D eigenvalue weighted by Crippen LogP contribution is 2.28. The summed E-state index contributed by atoms with van der Waals surface area (Å²) in [7, 11) is 0. The number of nitrogen functional groups attached to an aromatic ring is 1. The van der Waals surface area contributed by atoms with E-state index in [9.17, 15) is 5.11 Å². The van der Waals surface area contributed by atoms with Crippen molar-refractivity contribution < 1.29 is 5.11 Å². The molecule has 2 heterocycles. The Morgan fingerprint density at radius 2 is 1.83 bits per heavy atom. The number of fused-ring (bicyclic) bond motifs is 1. The molecule has 158 valence electrons. The van der Waals surface area contributed by atoms with Gasteiger partial charge in [0.2, 0.25) is 5.78 Å². The minimum absolute atomic E-state index is 0.192. The summed E-state index contributed by atoms with van der Waals surface area (Å²) in [5, 5.41) is 10.0. The number of allylic oxidation sites excluding steroid dienone is 5. The lowest BCUT2D eigenvalue weighted by molar-refractivity contribution is 0.477. The van der Waals surface area contributed by atoms with E-state index >= 15 is 0 Å². The number of aromatic hydroxyl groups is 1. The number of phenolic OH excluding ortho intramolecular Hbond substituents is 1. The standard InChI is InChI=1S/C21H20N4O.2C2H6/c22-20-16(10-6-9-15-7-2-1-3-8-15)13-25-14-18(23-21(25)24-20)17-11-4-5-12-19(17)26;2*1-2/h2,4-8,10-14,26H,1,3,9H2,(H2,22,23,24);2*1-2H3/b10-6+;;. The molecule has 3 N–H and O–H groups in total. The first kappa shape index (κ1) is 22.9. The molecule has 0 atom stereocenters. The first-order chi connectivity index (χ1) is 14.7. The van der Waals surface area contributed by atoms with E-state index in [0.717, 1.165) is 24.8 Å².